The highest BCUT2D eigenvalue weighted by Crippen LogP contribution is 2.30. The lowest BCUT2D eigenvalue weighted by Gasteiger charge is -2.36. The first-order valence-electron chi connectivity index (χ1n) is 6.00. The Morgan fingerprint density at radius 3 is 2.56 bits per heavy atom. The van der Waals surface area contributed by atoms with E-state index in [0.29, 0.717) is 13.1 Å². The fourth-order valence-electron chi connectivity index (χ4n) is 2.07. The highest BCUT2D eigenvalue weighted by atomic mass is 19.2. The van der Waals surface area contributed by atoms with Gasteiger partial charge in [0, 0.05) is 19.3 Å². The number of hydrogen-bond donors (Lipinski definition) is 0. The number of rotatable bonds is 1. The number of amides is 1. The topological polar surface area (TPSA) is 33.2 Å². The van der Waals surface area contributed by atoms with Gasteiger partial charge in [-0.05, 0) is 24.3 Å². The molecule has 98 valence electrons. The van der Waals surface area contributed by atoms with Crippen LogP contribution in [0.1, 0.15) is 37.0 Å². The maximum atomic E-state index is 13.5. The molecule has 1 saturated heterocycles. The van der Waals surface area contributed by atoms with Crippen molar-refractivity contribution < 1.29 is 13.6 Å². The molecule has 0 saturated carbocycles. The fourth-order valence-corrected chi connectivity index (χ4v) is 2.07. The van der Waals surface area contributed by atoms with Crippen molar-refractivity contribution in [1.29, 1.82) is 0 Å². The van der Waals surface area contributed by atoms with Crippen molar-refractivity contribution >= 4 is 5.91 Å². The van der Waals surface area contributed by atoms with Crippen LogP contribution in [0.4, 0.5) is 8.78 Å². The van der Waals surface area contributed by atoms with Gasteiger partial charge >= 0.3 is 0 Å². The highest BCUT2D eigenvalue weighted by molar-refractivity contribution is 5.94. The molecule has 2 heterocycles. The zero-order valence-corrected chi connectivity index (χ0v) is 10.5. The number of likely N-dealkylation sites (tertiary alicyclic amines) is 1. The summed E-state index contributed by atoms with van der Waals surface area (Å²) in [5, 5.41) is 0. The number of nitrogens with zero attached hydrogens (tertiary/aromatic N) is 2. The number of piperidine rings is 1. The van der Waals surface area contributed by atoms with Gasteiger partial charge in [-0.25, -0.2) is 9.37 Å². The largest absolute Gasteiger partial charge is 0.339 e. The van der Waals surface area contributed by atoms with Gasteiger partial charge in [-0.2, -0.15) is 4.39 Å². The number of carbonyl (C=O) groups is 1. The molecule has 1 aliphatic rings. The minimum absolute atomic E-state index is 0.207. The van der Waals surface area contributed by atoms with E-state index < -0.39 is 17.7 Å². The minimum Gasteiger partial charge on any atom is -0.339 e. The van der Waals surface area contributed by atoms with Gasteiger partial charge in [0.05, 0.1) is 5.56 Å². The molecule has 0 bridgehead atoms. The van der Waals surface area contributed by atoms with Crippen LogP contribution in [0.15, 0.2) is 12.3 Å². The molecule has 2 rings (SSSR count). The minimum atomic E-state index is -1.22. The Morgan fingerprint density at radius 1 is 1.33 bits per heavy atom. The number of carbonyl (C=O) groups excluding carboxylic acids is 1. The molecule has 5 heteroatoms. The maximum Gasteiger partial charge on any atom is 0.257 e. The van der Waals surface area contributed by atoms with Crippen molar-refractivity contribution in [3.8, 4) is 0 Å². The Kier molecular flexibility index (Phi) is 3.32. The molecule has 18 heavy (non-hydrogen) atoms. The van der Waals surface area contributed by atoms with Gasteiger partial charge in [-0.15, -0.1) is 0 Å². The van der Waals surface area contributed by atoms with E-state index in [4.69, 9.17) is 0 Å². The first-order valence-corrected chi connectivity index (χ1v) is 6.00. The molecule has 0 aliphatic carbocycles. The van der Waals surface area contributed by atoms with Crippen molar-refractivity contribution in [3.63, 3.8) is 0 Å². The van der Waals surface area contributed by atoms with Crippen LogP contribution in [0.3, 0.4) is 0 Å². The summed E-state index contributed by atoms with van der Waals surface area (Å²) in [5.41, 5.74) is -0.0269. The summed E-state index contributed by atoms with van der Waals surface area (Å²) in [6.07, 6.45) is 2.85. The lowest BCUT2D eigenvalue weighted by molar-refractivity contribution is 0.0624. The summed E-state index contributed by atoms with van der Waals surface area (Å²) in [5.74, 6) is -2.84. The maximum absolute atomic E-state index is 13.5. The normalized spacial score (nSPS) is 18.8. The van der Waals surface area contributed by atoms with Crippen molar-refractivity contribution in [2.24, 2.45) is 5.41 Å². The quantitative estimate of drug-likeness (QED) is 0.722. The number of halogens is 2. The van der Waals surface area contributed by atoms with Crippen molar-refractivity contribution in [2.75, 3.05) is 13.1 Å². The molecule has 0 N–H and O–H groups in total. The third-order valence-corrected chi connectivity index (χ3v) is 3.48. The summed E-state index contributed by atoms with van der Waals surface area (Å²) >= 11 is 0. The van der Waals surface area contributed by atoms with Gasteiger partial charge in [0.1, 0.15) is 0 Å². The molecule has 1 aliphatic heterocycles. The third kappa shape index (κ3) is 2.49. The van der Waals surface area contributed by atoms with Crippen molar-refractivity contribution in [3.05, 3.63) is 29.6 Å². The van der Waals surface area contributed by atoms with Crippen LogP contribution in [0.5, 0.6) is 0 Å². The molecular formula is C13H16F2N2O. The van der Waals surface area contributed by atoms with Gasteiger partial charge in [0.15, 0.2) is 5.82 Å². The van der Waals surface area contributed by atoms with Crippen LogP contribution in [0.2, 0.25) is 0 Å². The lowest BCUT2D eigenvalue weighted by Crippen LogP contribution is -2.41. The number of aromatic nitrogens is 1. The summed E-state index contributed by atoms with van der Waals surface area (Å²) in [7, 11) is 0. The Hall–Kier alpha value is -1.52. The SMILES string of the molecule is CC1(C)CCN(C(=O)c2ccnc(F)c2F)CC1. The molecule has 1 fully saturated rings. The van der Waals surface area contributed by atoms with Crippen molar-refractivity contribution in [1.82, 2.24) is 9.88 Å². The average Bonchev–Trinajstić information content (AvgIpc) is 2.32. The van der Waals surface area contributed by atoms with Crippen LogP contribution in [0.25, 0.3) is 0 Å². The summed E-state index contributed by atoms with van der Waals surface area (Å²) in [6, 6.07) is 1.22. The smallest absolute Gasteiger partial charge is 0.257 e. The molecule has 1 aromatic rings. The second-order valence-corrected chi connectivity index (χ2v) is 5.42. The van der Waals surface area contributed by atoms with Gasteiger partial charge < -0.3 is 4.90 Å². The van der Waals surface area contributed by atoms with E-state index in [9.17, 15) is 13.6 Å². The van der Waals surface area contributed by atoms with E-state index in [2.05, 4.69) is 18.8 Å². The van der Waals surface area contributed by atoms with Crippen LogP contribution in [-0.2, 0) is 0 Å². The Balaban J connectivity index is 2.15. The monoisotopic (exact) mass is 254 g/mol. The lowest BCUT2D eigenvalue weighted by atomic mass is 9.82. The predicted octanol–water partition coefficient (Wildman–Crippen LogP) is 2.62. The average molecular weight is 254 g/mol. The third-order valence-electron chi connectivity index (χ3n) is 3.48. The predicted molar refractivity (Wildman–Crippen MR) is 63.1 cm³/mol. The molecule has 3 nitrogen and oxygen atoms in total. The van der Waals surface area contributed by atoms with Gasteiger partial charge in [-0.1, -0.05) is 13.8 Å². The van der Waals surface area contributed by atoms with Crippen molar-refractivity contribution in [2.45, 2.75) is 26.7 Å². The zero-order valence-electron chi connectivity index (χ0n) is 10.5. The summed E-state index contributed by atoms with van der Waals surface area (Å²) in [4.78, 5) is 16.8. The van der Waals surface area contributed by atoms with Crippen LogP contribution in [-0.4, -0.2) is 28.9 Å². The van der Waals surface area contributed by atoms with E-state index in [1.54, 1.807) is 4.90 Å². The van der Waals surface area contributed by atoms with E-state index in [0.717, 1.165) is 19.0 Å². The molecule has 0 aromatic carbocycles. The molecule has 0 spiro atoms. The molecular weight excluding hydrogens is 238 g/mol. The Morgan fingerprint density at radius 2 is 1.94 bits per heavy atom. The van der Waals surface area contributed by atoms with Crippen LogP contribution >= 0.6 is 0 Å². The molecule has 0 radical (unpaired) electrons. The fraction of sp³-hybridized carbons (Fsp3) is 0.538. The van der Waals surface area contributed by atoms with E-state index >= 15 is 0 Å². The van der Waals surface area contributed by atoms with E-state index in [1.165, 1.54) is 6.07 Å². The zero-order chi connectivity index (χ0) is 13.3. The summed E-state index contributed by atoms with van der Waals surface area (Å²) < 4.78 is 26.4. The number of pyridine rings is 1. The van der Waals surface area contributed by atoms with Gasteiger partial charge in [0.25, 0.3) is 5.91 Å². The number of hydrogen-bond acceptors (Lipinski definition) is 2. The van der Waals surface area contributed by atoms with Gasteiger partial charge in [0.2, 0.25) is 5.95 Å². The first-order chi connectivity index (χ1) is 8.41. The van der Waals surface area contributed by atoms with E-state index in [1.807, 2.05) is 0 Å². The standard InChI is InChI=1S/C13H16F2N2O/c1-13(2)4-7-17(8-5-13)12(18)9-3-6-16-11(15)10(9)14/h3,6H,4-5,7-8H2,1-2H3. The van der Waals surface area contributed by atoms with Crippen LogP contribution < -0.4 is 0 Å². The molecule has 0 atom stereocenters. The second-order valence-electron chi connectivity index (χ2n) is 5.42. The van der Waals surface area contributed by atoms with Crippen LogP contribution in [0, 0.1) is 17.2 Å². The van der Waals surface area contributed by atoms with E-state index in [-0.39, 0.29) is 11.0 Å². The Labute approximate surface area is 105 Å². The summed E-state index contributed by atoms with van der Waals surface area (Å²) in [6.45, 7) is 5.44. The molecule has 1 aromatic heterocycles. The first kappa shape index (κ1) is 12.9. The molecule has 0 unspecified atom stereocenters. The highest BCUT2D eigenvalue weighted by Gasteiger charge is 2.29. The Bertz CT molecular complexity index is 464. The molecule has 1 amide bonds. The second kappa shape index (κ2) is 4.63. The van der Waals surface area contributed by atoms with Gasteiger partial charge in [-0.3, -0.25) is 4.79 Å².